The van der Waals surface area contributed by atoms with Crippen molar-refractivity contribution in [1.82, 2.24) is 0 Å². The molecule has 0 spiro atoms. The third-order valence-electron chi connectivity index (χ3n) is 4.06. The van der Waals surface area contributed by atoms with Crippen molar-refractivity contribution in [2.24, 2.45) is 4.99 Å². The Morgan fingerprint density at radius 1 is 1.00 bits per heavy atom. The fraction of sp³-hybridized carbons (Fsp3) is 0.143. The number of benzene rings is 2. The molecule has 2 aromatic carbocycles. The monoisotopic (exact) mass is 333 g/mol. The number of aryl methyl sites for hydroxylation is 3. The highest BCUT2D eigenvalue weighted by molar-refractivity contribution is 5.91. The Hall–Kier alpha value is -3.14. The van der Waals surface area contributed by atoms with Gasteiger partial charge in [-0.15, -0.1) is 0 Å². The van der Waals surface area contributed by atoms with Crippen LogP contribution in [0.15, 0.2) is 57.9 Å². The van der Waals surface area contributed by atoms with E-state index in [9.17, 15) is 9.90 Å². The minimum atomic E-state index is -0.942. The van der Waals surface area contributed by atoms with Gasteiger partial charge < -0.3 is 9.52 Å². The number of nitrogens with zero attached hydrogens (tertiary/aromatic N) is 1. The van der Waals surface area contributed by atoms with E-state index in [0.29, 0.717) is 11.5 Å². The van der Waals surface area contributed by atoms with Crippen LogP contribution < -0.4 is 0 Å². The maximum Gasteiger partial charge on any atom is 0.335 e. The minimum Gasteiger partial charge on any atom is -0.478 e. The molecule has 0 radical (unpaired) electrons. The second-order valence-electron chi connectivity index (χ2n) is 6.09. The second kappa shape index (κ2) is 6.77. The van der Waals surface area contributed by atoms with Crippen molar-refractivity contribution >= 4 is 17.9 Å². The summed E-state index contributed by atoms with van der Waals surface area (Å²) in [6, 6.07) is 15.0. The number of rotatable bonds is 4. The van der Waals surface area contributed by atoms with Crippen LogP contribution in [-0.4, -0.2) is 17.3 Å². The molecule has 1 N–H and O–H groups in total. The zero-order chi connectivity index (χ0) is 18.0. The molecule has 0 saturated carbocycles. The molecule has 4 nitrogen and oxygen atoms in total. The van der Waals surface area contributed by atoms with Crippen molar-refractivity contribution in [3.8, 4) is 11.3 Å². The molecule has 3 rings (SSSR count). The summed E-state index contributed by atoms with van der Waals surface area (Å²) in [5.74, 6) is 0.291. The van der Waals surface area contributed by atoms with E-state index in [1.165, 1.54) is 5.56 Å². The van der Waals surface area contributed by atoms with E-state index >= 15 is 0 Å². The van der Waals surface area contributed by atoms with Crippen LogP contribution in [0.25, 0.3) is 11.3 Å². The van der Waals surface area contributed by atoms with Crippen molar-refractivity contribution in [3.63, 3.8) is 0 Å². The lowest BCUT2D eigenvalue weighted by Crippen LogP contribution is -1.99. The highest BCUT2D eigenvalue weighted by atomic mass is 16.4. The fourth-order valence-corrected chi connectivity index (χ4v) is 2.67. The zero-order valence-electron chi connectivity index (χ0n) is 14.4. The molecule has 0 unspecified atom stereocenters. The average Bonchev–Trinajstić information content (AvgIpc) is 3.03. The molecule has 0 aliphatic rings. The lowest BCUT2D eigenvalue weighted by molar-refractivity contribution is 0.0696. The van der Waals surface area contributed by atoms with Gasteiger partial charge in [0.2, 0.25) is 0 Å². The fourth-order valence-electron chi connectivity index (χ4n) is 2.67. The van der Waals surface area contributed by atoms with Gasteiger partial charge in [0.05, 0.1) is 17.5 Å². The lowest BCUT2D eigenvalue weighted by atomic mass is 10.0. The molecule has 0 atom stereocenters. The predicted molar refractivity (Wildman–Crippen MR) is 99.0 cm³/mol. The van der Waals surface area contributed by atoms with Crippen LogP contribution in [0, 0.1) is 20.8 Å². The Morgan fingerprint density at radius 2 is 1.80 bits per heavy atom. The number of aromatic carboxylic acids is 1. The van der Waals surface area contributed by atoms with Crippen LogP contribution in [0.3, 0.4) is 0 Å². The molecule has 0 amide bonds. The van der Waals surface area contributed by atoms with Gasteiger partial charge >= 0.3 is 5.97 Å². The van der Waals surface area contributed by atoms with Gasteiger partial charge in [0, 0.05) is 5.56 Å². The summed E-state index contributed by atoms with van der Waals surface area (Å²) in [5, 5.41) is 9.25. The summed E-state index contributed by atoms with van der Waals surface area (Å²) < 4.78 is 5.79. The largest absolute Gasteiger partial charge is 0.478 e. The van der Waals surface area contributed by atoms with Gasteiger partial charge in [-0.05, 0) is 56.2 Å². The standard InChI is InChI=1S/C21H19NO3/c1-13-4-8-19(15(3)10-13)22-12-17-7-9-20(25-17)16-6-5-14(2)18(11-16)21(23)24/h4-12H,1-3H3,(H,23,24). The molecule has 0 fully saturated rings. The van der Waals surface area contributed by atoms with Crippen LogP contribution in [0.2, 0.25) is 0 Å². The van der Waals surface area contributed by atoms with E-state index in [2.05, 4.69) is 11.1 Å². The molecule has 126 valence electrons. The van der Waals surface area contributed by atoms with Gasteiger partial charge in [-0.3, -0.25) is 4.99 Å². The molecule has 1 aromatic heterocycles. The molecule has 0 saturated heterocycles. The van der Waals surface area contributed by atoms with E-state index in [1.54, 1.807) is 25.3 Å². The van der Waals surface area contributed by atoms with Gasteiger partial charge in [-0.2, -0.15) is 0 Å². The first-order valence-electron chi connectivity index (χ1n) is 7.99. The molecule has 0 aliphatic carbocycles. The zero-order valence-corrected chi connectivity index (χ0v) is 14.4. The van der Waals surface area contributed by atoms with Crippen LogP contribution in [-0.2, 0) is 0 Å². The van der Waals surface area contributed by atoms with E-state index in [4.69, 9.17) is 4.42 Å². The normalized spacial score (nSPS) is 11.2. The summed E-state index contributed by atoms with van der Waals surface area (Å²) in [6.07, 6.45) is 1.67. The first kappa shape index (κ1) is 16.7. The van der Waals surface area contributed by atoms with Crippen molar-refractivity contribution in [2.45, 2.75) is 20.8 Å². The Morgan fingerprint density at radius 3 is 2.52 bits per heavy atom. The van der Waals surface area contributed by atoms with Crippen molar-refractivity contribution < 1.29 is 14.3 Å². The Labute approximate surface area is 146 Å². The number of hydrogen-bond donors (Lipinski definition) is 1. The smallest absolute Gasteiger partial charge is 0.335 e. The summed E-state index contributed by atoms with van der Waals surface area (Å²) in [7, 11) is 0. The maximum absolute atomic E-state index is 11.3. The summed E-state index contributed by atoms with van der Waals surface area (Å²) in [6.45, 7) is 5.84. The number of carboxylic acids is 1. The highest BCUT2D eigenvalue weighted by Crippen LogP contribution is 2.25. The quantitative estimate of drug-likeness (QED) is 0.657. The molecule has 25 heavy (non-hydrogen) atoms. The minimum absolute atomic E-state index is 0.277. The first-order chi connectivity index (χ1) is 11.9. The SMILES string of the molecule is Cc1ccc(N=Cc2ccc(-c3ccc(C)c(C(=O)O)c3)o2)c(C)c1. The first-order valence-corrected chi connectivity index (χ1v) is 7.99. The van der Waals surface area contributed by atoms with E-state index in [0.717, 1.165) is 22.4 Å². The van der Waals surface area contributed by atoms with Crippen molar-refractivity contribution in [1.29, 1.82) is 0 Å². The number of aliphatic imine (C=N–C) groups is 1. The third-order valence-corrected chi connectivity index (χ3v) is 4.06. The predicted octanol–water partition coefficient (Wildman–Crippen LogP) is 5.32. The number of carbonyl (C=O) groups is 1. The second-order valence-corrected chi connectivity index (χ2v) is 6.09. The van der Waals surface area contributed by atoms with Gasteiger partial charge in [0.1, 0.15) is 11.5 Å². The van der Waals surface area contributed by atoms with Gasteiger partial charge in [-0.25, -0.2) is 4.79 Å². The Balaban J connectivity index is 1.86. The van der Waals surface area contributed by atoms with Crippen LogP contribution in [0.4, 0.5) is 5.69 Å². The van der Waals surface area contributed by atoms with Crippen LogP contribution in [0.1, 0.15) is 32.8 Å². The Bertz CT molecular complexity index is 967. The number of carboxylic acid groups (broad SMARTS) is 1. The summed E-state index contributed by atoms with van der Waals surface area (Å²) >= 11 is 0. The van der Waals surface area contributed by atoms with Crippen LogP contribution >= 0.6 is 0 Å². The average molecular weight is 333 g/mol. The maximum atomic E-state index is 11.3. The molecular weight excluding hydrogens is 314 g/mol. The molecule has 4 heteroatoms. The lowest BCUT2D eigenvalue weighted by Gasteiger charge is -2.03. The van der Waals surface area contributed by atoms with Gasteiger partial charge in [0.25, 0.3) is 0 Å². The summed E-state index contributed by atoms with van der Waals surface area (Å²) in [4.78, 5) is 15.7. The van der Waals surface area contributed by atoms with Crippen molar-refractivity contribution in [3.05, 3.63) is 76.5 Å². The molecule has 3 aromatic rings. The van der Waals surface area contributed by atoms with E-state index in [-0.39, 0.29) is 5.56 Å². The number of hydrogen-bond acceptors (Lipinski definition) is 3. The number of furan rings is 1. The molecule has 0 bridgehead atoms. The molecule has 1 heterocycles. The highest BCUT2D eigenvalue weighted by Gasteiger charge is 2.11. The Kier molecular flexibility index (Phi) is 4.52. The van der Waals surface area contributed by atoms with E-state index < -0.39 is 5.97 Å². The molecular formula is C21H19NO3. The summed E-state index contributed by atoms with van der Waals surface area (Å²) in [5.41, 5.74) is 4.93. The van der Waals surface area contributed by atoms with Gasteiger partial charge in [0.15, 0.2) is 0 Å². The van der Waals surface area contributed by atoms with Crippen LogP contribution in [0.5, 0.6) is 0 Å². The molecule has 0 aliphatic heterocycles. The van der Waals surface area contributed by atoms with Gasteiger partial charge in [-0.1, -0.05) is 29.8 Å². The van der Waals surface area contributed by atoms with Crippen molar-refractivity contribution in [2.75, 3.05) is 0 Å². The van der Waals surface area contributed by atoms with E-state index in [1.807, 2.05) is 44.2 Å². The topological polar surface area (TPSA) is 62.8 Å². The third kappa shape index (κ3) is 3.69.